The molecule has 3 aromatic rings. The lowest BCUT2D eigenvalue weighted by molar-refractivity contribution is 0.240. The molecule has 1 aromatic heterocycles. The lowest BCUT2D eigenvalue weighted by Gasteiger charge is -2.09. The van der Waals surface area contributed by atoms with Crippen molar-refractivity contribution in [3.05, 3.63) is 66.2 Å². The topological polar surface area (TPSA) is 59.0 Å². The van der Waals surface area contributed by atoms with E-state index in [0.29, 0.717) is 12.1 Å². The first-order valence-corrected chi connectivity index (χ1v) is 7.89. The zero-order valence-electron chi connectivity index (χ0n) is 13.2. The van der Waals surface area contributed by atoms with E-state index >= 15 is 0 Å². The number of carbonyl (C=O) groups is 1. The number of hydrogen-bond donors (Lipinski definition) is 2. The van der Waals surface area contributed by atoms with Crippen LogP contribution in [0.3, 0.4) is 0 Å². The number of amides is 2. The Hall–Kier alpha value is -2.89. The summed E-state index contributed by atoms with van der Waals surface area (Å²) in [6.45, 7) is 1.48. The highest BCUT2D eigenvalue weighted by Gasteiger charge is 2.04. The summed E-state index contributed by atoms with van der Waals surface area (Å²) in [6.07, 6.45) is 2.59. The van der Waals surface area contributed by atoms with Crippen molar-refractivity contribution in [2.45, 2.75) is 19.5 Å². The number of halogens is 1. The van der Waals surface area contributed by atoms with E-state index in [0.717, 1.165) is 24.0 Å². The van der Waals surface area contributed by atoms with Crippen LogP contribution in [0.25, 0.3) is 11.0 Å². The Bertz CT molecular complexity index is 831. The van der Waals surface area contributed by atoms with Gasteiger partial charge < -0.3 is 15.2 Å². The first-order chi connectivity index (χ1) is 11.7. The Morgan fingerprint density at radius 2 is 1.88 bits per heavy atom. The van der Waals surface area contributed by atoms with Crippen molar-refractivity contribution in [1.82, 2.24) is 20.2 Å². The SMILES string of the molecule is O=C(NCCCn1cnc2ccccc21)NCc1ccccc1F. The van der Waals surface area contributed by atoms with Gasteiger partial charge in [0.15, 0.2) is 0 Å². The van der Waals surface area contributed by atoms with Crippen LogP contribution >= 0.6 is 0 Å². The van der Waals surface area contributed by atoms with Crippen LogP contribution in [0.4, 0.5) is 9.18 Å². The van der Waals surface area contributed by atoms with Gasteiger partial charge in [0.25, 0.3) is 0 Å². The largest absolute Gasteiger partial charge is 0.338 e. The monoisotopic (exact) mass is 326 g/mol. The molecule has 124 valence electrons. The summed E-state index contributed by atoms with van der Waals surface area (Å²) in [5.41, 5.74) is 2.52. The summed E-state index contributed by atoms with van der Waals surface area (Å²) < 4.78 is 15.5. The number of imidazole rings is 1. The quantitative estimate of drug-likeness (QED) is 0.684. The molecule has 0 aliphatic heterocycles. The van der Waals surface area contributed by atoms with Crippen molar-refractivity contribution in [3.63, 3.8) is 0 Å². The molecule has 0 fully saturated rings. The summed E-state index contributed by atoms with van der Waals surface area (Å²) in [4.78, 5) is 16.1. The summed E-state index contributed by atoms with van der Waals surface area (Å²) in [5.74, 6) is -0.315. The van der Waals surface area contributed by atoms with E-state index in [4.69, 9.17) is 0 Å². The van der Waals surface area contributed by atoms with Gasteiger partial charge in [0, 0.05) is 25.2 Å². The second kappa shape index (κ2) is 7.59. The normalized spacial score (nSPS) is 10.7. The molecule has 0 aliphatic carbocycles. The molecular weight excluding hydrogens is 307 g/mol. The number of para-hydroxylation sites is 2. The number of aryl methyl sites for hydroxylation is 1. The van der Waals surface area contributed by atoms with Gasteiger partial charge >= 0.3 is 6.03 Å². The van der Waals surface area contributed by atoms with Gasteiger partial charge in [0.05, 0.1) is 17.4 Å². The van der Waals surface area contributed by atoms with Crippen LogP contribution in [0.15, 0.2) is 54.9 Å². The highest BCUT2D eigenvalue weighted by Crippen LogP contribution is 2.11. The van der Waals surface area contributed by atoms with Crippen molar-refractivity contribution in [1.29, 1.82) is 0 Å². The molecule has 0 aliphatic rings. The number of urea groups is 1. The second-order valence-electron chi connectivity index (χ2n) is 5.48. The second-order valence-corrected chi connectivity index (χ2v) is 5.48. The van der Waals surface area contributed by atoms with Crippen molar-refractivity contribution < 1.29 is 9.18 Å². The van der Waals surface area contributed by atoms with Crippen LogP contribution in [0, 0.1) is 5.82 Å². The van der Waals surface area contributed by atoms with Gasteiger partial charge in [0.2, 0.25) is 0 Å². The molecule has 5 nitrogen and oxygen atoms in total. The lowest BCUT2D eigenvalue weighted by atomic mass is 10.2. The van der Waals surface area contributed by atoms with Crippen LogP contribution in [0.2, 0.25) is 0 Å². The first-order valence-electron chi connectivity index (χ1n) is 7.89. The Kier molecular flexibility index (Phi) is 5.05. The summed E-state index contributed by atoms with van der Waals surface area (Å²) in [6, 6.07) is 14.0. The molecule has 0 atom stereocenters. The third-order valence-corrected chi connectivity index (χ3v) is 3.79. The molecule has 3 rings (SSSR count). The first kappa shape index (κ1) is 16.0. The molecule has 2 amide bonds. The fourth-order valence-corrected chi connectivity index (χ4v) is 2.52. The van der Waals surface area contributed by atoms with Gasteiger partial charge in [-0.15, -0.1) is 0 Å². The number of carbonyl (C=O) groups excluding carboxylic acids is 1. The van der Waals surface area contributed by atoms with Crippen LogP contribution < -0.4 is 10.6 Å². The van der Waals surface area contributed by atoms with Crippen molar-refractivity contribution >= 4 is 17.1 Å². The average Bonchev–Trinajstić information content (AvgIpc) is 3.01. The van der Waals surface area contributed by atoms with E-state index in [1.165, 1.54) is 6.07 Å². The zero-order valence-corrected chi connectivity index (χ0v) is 13.2. The van der Waals surface area contributed by atoms with Crippen LogP contribution in [-0.2, 0) is 13.1 Å². The van der Waals surface area contributed by atoms with E-state index < -0.39 is 0 Å². The average molecular weight is 326 g/mol. The molecular formula is C18H19FN4O. The minimum Gasteiger partial charge on any atom is -0.338 e. The van der Waals surface area contributed by atoms with E-state index in [1.807, 2.05) is 30.6 Å². The highest BCUT2D eigenvalue weighted by atomic mass is 19.1. The van der Waals surface area contributed by atoms with E-state index in [-0.39, 0.29) is 18.4 Å². The van der Waals surface area contributed by atoms with E-state index in [2.05, 4.69) is 20.2 Å². The highest BCUT2D eigenvalue weighted by molar-refractivity contribution is 5.75. The fourth-order valence-electron chi connectivity index (χ4n) is 2.52. The maximum absolute atomic E-state index is 13.5. The summed E-state index contributed by atoms with van der Waals surface area (Å²) in [5, 5.41) is 5.43. The number of rotatable bonds is 6. The number of aromatic nitrogens is 2. The smallest absolute Gasteiger partial charge is 0.315 e. The molecule has 0 spiro atoms. The molecule has 0 radical (unpaired) electrons. The lowest BCUT2D eigenvalue weighted by Crippen LogP contribution is -2.36. The van der Waals surface area contributed by atoms with Crippen molar-refractivity contribution in [2.24, 2.45) is 0 Å². The standard InChI is InChI=1S/C18H19FN4O/c19-15-7-2-1-6-14(15)12-21-18(24)20-10-5-11-23-13-22-16-8-3-4-9-17(16)23/h1-4,6-9,13H,5,10-12H2,(H2,20,21,24). The molecule has 24 heavy (non-hydrogen) atoms. The number of fused-ring (bicyclic) bond motifs is 1. The predicted molar refractivity (Wildman–Crippen MR) is 91.0 cm³/mol. The number of benzene rings is 2. The number of nitrogens with zero attached hydrogens (tertiary/aromatic N) is 2. The van der Waals surface area contributed by atoms with Crippen LogP contribution in [0.1, 0.15) is 12.0 Å². The maximum Gasteiger partial charge on any atom is 0.315 e. The Morgan fingerprint density at radius 1 is 1.08 bits per heavy atom. The van der Waals surface area contributed by atoms with Crippen molar-refractivity contribution in [3.8, 4) is 0 Å². The molecule has 6 heteroatoms. The molecule has 2 aromatic carbocycles. The summed E-state index contributed by atoms with van der Waals surface area (Å²) in [7, 11) is 0. The number of hydrogen-bond acceptors (Lipinski definition) is 2. The molecule has 0 bridgehead atoms. The van der Waals surface area contributed by atoms with Crippen LogP contribution in [-0.4, -0.2) is 22.1 Å². The van der Waals surface area contributed by atoms with Gasteiger partial charge in [-0.05, 0) is 24.6 Å². The van der Waals surface area contributed by atoms with Crippen LogP contribution in [0.5, 0.6) is 0 Å². The van der Waals surface area contributed by atoms with Gasteiger partial charge in [0.1, 0.15) is 5.82 Å². The van der Waals surface area contributed by atoms with E-state index in [1.54, 1.807) is 18.2 Å². The fraction of sp³-hybridized carbons (Fsp3) is 0.222. The van der Waals surface area contributed by atoms with Gasteiger partial charge in [-0.2, -0.15) is 0 Å². The third-order valence-electron chi connectivity index (χ3n) is 3.79. The van der Waals surface area contributed by atoms with Gasteiger partial charge in [-0.3, -0.25) is 0 Å². The minimum atomic E-state index is -0.315. The predicted octanol–water partition coefficient (Wildman–Crippen LogP) is 3.06. The Morgan fingerprint density at radius 3 is 2.75 bits per heavy atom. The van der Waals surface area contributed by atoms with Crippen molar-refractivity contribution in [2.75, 3.05) is 6.54 Å². The third kappa shape index (κ3) is 3.90. The van der Waals surface area contributed by atoms with Gasteiger partial charge in [-0.1, -0.05) is 30.3 Å². The molecule has 2 N–H and O–H groups in total. The summed E-state index contributed by atoms with van der Waals surface area (Å²) >= 11 is 0. The molecule has 0 unspecified atom stereocenters. The minimum absolute atomic E-state index is 0.171. The number of nitrogens with one attached hydrogen (secondary N) is 2. The Labute approximate surface area is 139 Å². The molecule has 0 saturated carbocycles. The molecule has 0 saturated heterocycles. The molecule has 1 heterocycles. The Balaban J connectivity index is 1.40. The van der Waals surface area contributed by atoms with E-state index in [9.17, 15) is 9.18 Å². The maximum atomic E-state index is 13.5. The van der Waals surface area contributed by atoms with Gasteiger partial charge in [-0.25, -0.2) is 14.2 Å². The zero-order chi connectivity index (χ0) is 16.8.